The second-order valence-corrected chi connectivity index (χ2v) is 8.51. The fourth-order valence-electron chi connectivity index (χ4n) is 4.06. The number of rotatable bonds is 6. The van der Waals surface area contributed by atoms with Gasteiger partial charge < -0.3 is 9.47 Å². The number of carbonyl (C=O) groups excluding carboxylic acids is 1. The molecule has 4 nitrogen and oxygen atoms in total. The average Bonchev–Trinajstić information content (AvgIpc) is 2.88. The predicted molar refractivity (Wildman–Crippen MR) is 140 cm³/mol. The number of fused-ring (bicyclic) bond motifs is 1. The molecule has 0 saturated heterocycles. The van der Waals surface area contributed by atoms with Gasteiger partial charge in [0.15, 0.2) is 0 Å². The summed E-state index contributed by atoms with van der Waals surface area (Å²) in [5.41, 5.74) is 5.91. The van der Waals surface area contributed by atoms with Crippen LogP contribution in [0.1, 0.15) is 12.5 Å². The van der Waals surface area contributed by atoms with Crippen LogP contribution in [0.2, 0.25) is 5.02 Å². The van der Waals surface area contributed by atoms with E-state index in [2.05, 4.69) is 23.2 Å². The minimum absolute atomic E-state index is 0.342. The lowest BCUT2D eigenvalue weighted by Crippen LogP contribution is -2.01. The van der Waals surface area contributed by atoms with Gasteiger partial charge in [0.05, 0.1) is 10.5 Å². The Balaban J connectivity index is 1.50. The van der Waals surface area contributed by atoms with E-state index in [-0.39, 0.29) is 5.97 Å². The Hall–Kier alpha value is -4.15. The van der Waals surface area contributed by atoms with Gasteiger partial charge in [-0.25, -0.2) is 0 Å². The van der Waals surface area contributed by atoms with Crippen LogP contribution < -0.4 is 9.47 Å². The summed E-state index contributed by atoms with van der Waals surface area (Å²) in [6, 6.07) is 31.4. The van der Waals surface area contributed by atoms with E-state index in [0.29, 0.717) is 17.4 Å². The van der Waals surface area contributed by atoms with Gasteiger partial charge in [0.1, 0.15) is 18.1 Å². The lowest BCUT2D eigenvalue weighted by molar-refractivity contribution is -0.131. The number of aromatic nitrogens is 1. The third-order valence-corrected chi connectivity index (χ3v) is 5.95. The highest BCUT2D eigenvalue weighted by molar-refractivity contribution is 6.35. The number of para-hydroxylation sites is 1. The number of benzene rings is 4. The Morgan fingerprint density at radius 1 is 0.829 bits per heavy atom. The maximum atomic E-state index is 11.1. The molecule has 0 aliphatic heterocycles. The summed E-state index contributed by atoms with van der Waals surface area (Å²) in [4.78, 5) is 15.8. The molecule has 0 spiro atoms. The first-order valence-electron chi connectivity index (χ1n) is 11.2. The molecule has 0 fully saturated rings. The van der Waals surface area contributed by atoms with Crippen molar-refractivity contribution in [3.8, 4) is 33.8 Å². The summed E-state index contributed by atoms with van der Waals surface area (Å²) < 4.78 is 11.2. The summed E-state index contributed by atoms with van der Waals surface area (Å²) in [5.74, 6) is 0.920. The van der Waals surface area contributed by atoms with Crippen LogP contribution in [0.4, 0.5) is 0 Å². The molecule has 0 bridgehead atoms. The van der Waals surface area contributed by atoms with Crippen molar-refractivity contribution in [1.29, 1.82) is 0 Å². The highest BCUT2D eigenvalue weighted by atomic mass is 35.5. The number of pyridine rings is 1. The van der Waals surface area contributed by atoms with Crippen molar-refractivity contribution in [2.45, 2.75) is 13.5 Å². The van der Waals surface area contributed by atoms with Crippen molar-refractivity contribution in [3.63, 3.8) is 0 Å². The average molecular weight is 480 g/mol. The number of halogens is 1. The van der Waals surface area contributed by atoms with Crippen molar-refractivity contribution in [1.82, 2.24) is 4.98 Å². The smallest absolute Gasteiger partial charge is 0.308 e. The van der Waals surface area contributed by atoms with Gasteiger partial charge in [0.2, 0.25) is 0 Å². The molecule has 1 heterocycles. The molecule has 0 N–H and O–H groups in total. The number of ether oxygens (including phenoxy) is 2. The number of nitrogens with zero attached hydrogens (tertiary/aromatic N) is 1. The third kappa shape index (κ3) is 5.03. The molecule has 5 rings (SSSR count). The first-order chi connectivity index (χ1) is 17.1. The Kier molecular flexibility index (Phi) is 6.47. The summed E-state index contributed by atoms with van der Waals surface area (Å²) >= 11 is 6.49. The Labute approximate surface area is 208 Å². The second-order valence-electron chi connectivity index (χ2n) is 8.10. The van der Waals surface area contributed by atoms with Crippen LogP contribution in [0.5, 0.6) is 11.5 Å². The van der Waals surface area contributed by atoms with Gasteiger partial charge in [-0.2, -0.15) is 0 Å². The molecule has 0 aliphatic carbocycles. The molecular formula is C30H22ClNO3. The molecule has 5 heteroatoms. The van der Waals surface area contributed by atoms with E-state index in [1.165, 1.54) is 6.92 Å². The maximum absolute atomic E-state index is 11.1. The molecule has 0 amide bonds. The van der Waals surface area contributed by atoms with Crippen LogP contribution in [-0.4, -0.2) is 11.0 Å². The van der Waals surface area contributed by atoms with Gasteiger partial charge >= 0.3 is 5.97 Å². The van der Waals surface area contributed by atoms with Crippen LogP contribution in [0.15, 0.2) is 103 Å². The molecule has 4 aromatic carbocycles. The summed E-state index contributed by atoms with van der Waals surface area (Å²) in [6.07, 6.45) is 1.89. The predicted octanol–water partition coefficient (Wildman–Crippen LogP) is 7.73. The van der Waals surface area contributed by atoms with E-state index < -0.39 is 0 Å². The monoisotopic (exact) mass is 479 g/mol. The summed E-state index contributed by atoms with van der Waals surface area (Å²) in [6.45, 7) is 1.77. The van der Waals surface area contributed by atoms with Gasteiger partial charge in [-0.05, 0) is 47.0 Å². The quantitative estimate of drug-likeness (QED) is 0.185. The molecular weight excluding hydrogens is 458 g/mol. The molecule has 0 atom stereocenters. The van der Waals surface area contributed by atoms with Crippen LogP contribution in [0.3, 0.4) is 0 Å². The highest BCUT2D eigenvalue weighted by Crippen LogP contribution is 2.39. The van der Waals surface area contributed by atoms with E-state index in [4.69, 9.17) is 21.1 Å². The van der Waals surface area contributed by atoms with Gasteiger partial charge in [0, 0.05) is 29.6 Å². The molecule has 5 aromatic rings. The number of hydrogen-bond donors (Lipinski definition) is 0. The van der Waals surface area contributed by atoms with Gasteiger partial charge in [0.25, 0.3) is 0 Å². The van der Waals surface area contributed by atoms with E-state index in [0.717, 1.165) is 44.5 Å². The first kappa shape index (κ1) is 22.6. The Morgan fingerprint density at radius 3 is 2.34 bits per heavy atom. The van der Waals surface area contributed by atoms with Crippen LogP contribution in [0, 0.1) is 0 Å². The topological polar surface area (TPSA) is 48.4 Å². The highest BCUT2D eigenvalue weighted by Gasteiger charge is 2.15. The lowest BCUT2D eigenvalue weighted by Gasteiger charge is -2.15. The number of hydrogen-bond acceptors (Lipinski definition) is 4. The fraction of sp³-hybridized carbons (Fsp3) is 0.0667. The number of esters is 1. The zero-order valence-corrected chi connectivity index (χ0v) is 19.8. The summed E-state index contributed by atoms with van der Waals surface area (Å²) in [5, 5.41) is 1.60. The van der Waals surface area contributed by atoms with Gasteiger partial charge in [-0.3, -0.25) is 9.78 Å². The molecule has 35 heavy (non-hydrogen) atoms. The molecule has 0 aliphatic rings. The van der Waals surface area contributed by atoms with Crippen molar-refractivity contribution in [3.05, 3.63) is 114 Å². The standard InChI is InChI=1S/C30H22ClNO3/c1-20(33)35-24-15-13-21(14-16-24)19-34-25-10-5-9-23(17-25)29-26-11-6-12-28(31)30(26)32-18-27(29)22-7-3-2-4-8-22/h2-18H,19H2,1H3. The van der Waals surface area contributed by atoms with Crippen molar-refractivity contribution in [2.24, 2.45) is 0 Å². The van der Waals surface area contributed by atoms with Crippen LogP contribution in [-0.2, 0) is 11.4 Å². The first-order valence-corrected chi connectivity index (χ1v) is 11.6. The molecule has 172 valence electrons. The zero-order valence-electron chi connectivity index (χ0n) is 19.1. The maximum Gasteiger partial charge on any atom is 0.308 e. The molecule has 0 saturated carbocycles. The largest absolute Gasteiger partial charge is 0.489 e. The minimum atomic E-state index is -0.342. The van der Waals surface area contributed by atoms with Crippen molar-refractivity contribution in [2.75, 3.05) is 0 Å². The van der Waals surface area contributed by atoms with Gasteiger partial charge in [-0.1, -0.05) is 78.3 Å². The van der Waals surface area contributed by atoms with E-state index in [1.54, 1.807) is 12.1 Å². The minimum Gasteiger partial charge on any atom is -0.489 e. The molecule has 0 unspecified atom stereocenters. The lowest BCUT2D eigenvalue weighted by atomic mass is 9.92. The molecule has 0 radical (unpaired) electrons. The number of carbonyl (C=O) groups is 1. The zero-order chi connectivity index (χ0) is 24.2. The fourth-order valence-corrected chi connectivity index (χ4v) is 4.29. The Bertz CT molecular complexity index is 1500. The van der Waals surface area contributed by atoms with Gasteiger partial charge in [-0.15, -0.1) is 0 Å². The van der Waals surface area contributed by atoms with Crippen molar-refractivity contribution < 1.29 is 14.3 Å². The Morgan fingerprint density at radius 2 is 1.57 bits per heavy atom. The third-order valence-electron chi connectivity index (χ3n) is 5.65. The van der Waals surface area contributed by atoms with Crippen LogP contribution in [0.25, 0.3) is 33.2 Å². The van der Waals surface area contributed by atoms with E-state index in [1.807, 2.05) is 72.9 Å². The van der Waals surface area contributed by atoms with E-state index in [9.17, 15) is 4.79 Å². The van der Waals surface area contributed by atoms with E-state index >= 15 is 0 Å². The second kappa shape index (κ2) is 10.00. The molecule has 1 aromatic heterocycles. The SMILES string of the molecule is CC(=O)Oc1ccc(COc2cccc(-c3c(-c4ccccc4)cnc4c(Cl)cccc34)c2)cc1. The normalized spacial score (nSPS) is 10.8. The van der Waals surface area contributed by atoms with Crippen molar-refractivity contribution >= 4 is 28.5 Å². The van der Waals surface area contributed by atoms with Crippen LogP contribution >= 0.6 is 11.6 Å². The summed E-state index contributed by atoms with van der Waals surface area (Å²) in [7, 11) is 0.